The van der Waals surface area contributed by atoms with Crippen molar-refractivity contribution in [1.29, 1.82) is 0 Å². The third-order valence-electron chi connectivity index (χ3n) is 5.00. The number of thiazole rings is 1. The summed E-state index contributed by atoms with van der Waals surface area (Å²) in [6, 6.07) is 8.55. The van der Waals surface area contributed by atoms with Gasteiger partial charge in [0.05, 0.1) is 5.69 Å². The van der Waals surface area contributed by atoms with Crippen LogP contribution in [0.25, 0.3) is 10.6 Å². The van der Waals surface area contributed by atoms with Crippen LogP contribution < -0.4 is 22.5 Å². The molecule has 0 spiro atoms. The lowest BCUT2D eigenvalue weighted by molar-refractivity contribution is 0.0972. The number of nitrogen functional groups attached to an aromatic ring is 2. The number of nitrogens with two attached hydrogens (primary N) is 3. The highest BCUT2D eigenvalue weighted by Crippen LogP contribution is 2.26. The molecule has 9 nitrogen and oxygen atoms in total. The summed E-state index contributed by atoms with van der Waals surface area (Å²) in [4.78, 5) is 30.3. The molecule has 0 aliphatic rings. The van der Waals surface area contributed by atoms with Gasteiger partial charge in [-0.2, -0.15) is 0 Å². The van der Waals surface area contributed by atoms with E-state index in [2.05, 4.69) is 56.5 Å². The molecule has 0 saturated heterocycles. The topological polar surface area (TPSA) is 158 Å². The minimum Gasteiger partial charge on any atom is -0.382 e. The number of nitrogens with zero attached hydrogens (tertiary/aromatic N) is 4. The first-order chi connectivity index (χ1) is 15.9. The summed E-state index contributed by atoms with van der Waals surface area (Å²) in [5.74, 6) is -0.410. The van der Waals surface area contributed by atoms with E-state index in [0.717, 1.165) is 42.7 Å². The third-order valence-corrected chi connectivity index (χ3v) is 6.10. The number of carbonyl (C=O) groups excluding carboxylic acids is 1. The summed E-state index contributed by atoms with van der Waals surface area (Å²) in [6.45, 7) is 4.33. The van der Waals surface area contributed by atoms with Gasteiger partial charge in [-0.05, 0) is 38.2 Å². The maximum atomic E-state index is 12.3. The van der Waals surface area contributed by atoms with E-state index in [0.29, 0.717) is 12.2 Å². The smallest absolute Gasteiger partial charge is 0.280 e. The maximum Gasteiger partial charge on any atom is 0.280 e. The monoisotopic (exact) mass is 466 g/mol. The van der Waals surface area contributed by atoms with Crippen LogP contribution in [0, 0.1) is 6.92 Å². The van der Waals surface area contributed by atoms with Gasteiger partial charge in [0, 0.05) is 23.2 Å². The second-order valence-corrected chi connectivity index (χ2v) is 8.80. The first-order valence-electron chi connectivity index (χ1n) is 10.9. The number of benzene rings is 1. The molecule has 0 bridgehead atoms. The molecule has 0 aliphatic carbocycles. The van der Waals surface area contributed by atoms with Gasteiger partial charge < -0.3 is 17.2 Å². The van der Waals surface area contributed by atoms with E-state index in [4.69, 9.17) is 17.2 Å². The SMILES string of the molecule is CCCc1cnc(-c2ccc(CCCCN=C(N)NC(=O)c3nc(C)c(N)nc3N)cc2)s1. The van der Waals surface area contributed by atoms with Crippen LogP contribution in [0.5, 0.6) is 0 Å². The van der Waals surface area contributed by atoms with Crippen molar-refractivity contribution in [3.8, 4) is 10.6 Å². The Morgan fingerprint density at radius 3 is 2.58 bits per heavy atom. The number of carbonyl (C=O) groups is 1. The molecule has 7 N–H and O–H groups in total. The molecule has 0 fully saturated rings. The van der Waals surface area contributed by atoms with Crippen LogP contribution in [0.3, 0.4) is 0 Å². The van der Waals surface area contributed by atoms with Crippen molar-refractivity contribution in [1.82, 2.24) is 20.3 Å². The first-order valence-corrected chi connectivity index (χ1v) is 11.7. The molecule has 2 heterocycles. The molecule has 0 atom stereocenters. The molecule has 33 heavy (non-hydrogen) atoms. The van der Waals surface area contributed by atoms with Crippen molar-refractivity contribution < 1.29 is 4.79 Å². The molecular formula is C23H30N8OS. The number of anilines is 2. The fourth-order valence-electron chi connectivity index (χ4n) is 3.19. The zero-order chi connectivity index (χ0) is 23.8. The molecule has 1 amide bonds. The first kappa shape index (κ1) is 24.1. The second kappa shape index (κ2) is 11.4. The Balaban J connectivity index is 1.43. The van der Waals surface area contributed by atoms with Crippen molar-refractivity contribution in [3.05, 3.63) is 52.3 Å². The highest BCUT2D eigenvalue weighted by Gasteiger charge is 2.15. The average molecular weight is 467 g/mol. The third kappa shape index (κ3) is 6.72. The van der Waals surface area contributed by atoms with Crippen molar-refractivity contribution in [2.75, 3.05) is 18.0 Å². The summed E-state index contributed by atoms with van der Waals surface area (Å²) >= 11 is 1.76. The molecule has 3 rings (SSSR count). The maximum absolute atomic E-state index is 12.3. The van der Waals surface area contributed by atoms with E-state index in [1.54, 1.807) is 18.3 Å². The highest BCUT2D eigenvalue weighted by atomic mass is 32.1. The van der Waals surface area contributed by atoms with Crippen LogP contribution >= 0.6 is 11.3 Å². The predicted octanol–water partition coefficient (Wildman–Crippen LogP) is 3.09. The molecule has 10 heteroatoms. The van der Waals surface area contributed by atoms with Crippen molar-refractivity contribution in [3.63, 3.8) is 0 Å². The Hall–Kier alpha value is -3.53. The Morgan fingerprint density at radius 2 is 1.85 bits per heavy atom. The van der Waals surface area contributed by atoms with Crippen LogP contribution in [0.1, 0.15) is 52.8 Å². The number of guanidine groups is 1. The second-order valence-electron chi connectivity index (χ2n) is 7.68. The van der Waals surface area contributed by atoms with Crippen LogP contribution in [0.4, 0.5) is 11.6 Å². The van der Waals surface area contributed by atoms with E-state index in [-0.39, 0.29) is 23.3 Å². The lowest BCUT2D eigenvalue weighted by Gasteiger charge is -2.08. The molecule has 2 aromatic heterocycles. The molecule has 1 aromatic carbocycles. The number of aliphatic imine (C=N–C) groups is 1. The lowest BCUT2D eigenvalue weighted by atomic mass is 10.1. The number of unbranched alkanes of at least 4 members (excludes halogenated alkanes) is 1. The normalized spacial score (nSPS) is 11.5. The van der Waals surface area contributed by atoms with Gasteiger partial charge in [-0.3, -0.25) is 15.1 Å². The van der Waals surface area contributed by atoms with Gasteiger partial charge in [0.25, 0.3) is 5.91 Å². The Bertz CT molecular complexity index is 1120. The summed E-state index contributed by atoms with van der Waals surface area (Å²) in [6.07, 6.45) is 6.93. The van der Waals surface area contributed by atoms with E-state index < -0.39 is 5.91 Å². The predicted molar refractivity (Wildman–Crippen MR) is 134 cm³/mol. The molecular weight excluding hydrogens is 436 g/mol. The van der Waals surface area contributed by atoms with Gasteiger partial charge in [-0.25, -0.2) is 15.0 Å². The Labute approximate surface area is 197 Å². The molecule has 174 valence electrons. The van der Waals surface area contributed by atoms with Crippen molar-refractivity contribution >= 4 is 34.8 Å². The largest absolute Gasteiger partial charge is 0.382 e. The number of hydrogen-bond donors (Lipinski definition) is 4. The summed E-state index contributed by atoms with van der Waals surface area (Å²) in [5.41, 5.74) is 20.0. The van der Waals surface area contributed by atoms with Crippen molar-refractivity contribution in [2.45, 2.75) is 46.0 Å². The molecule has 3 aromatic rings. The summed E-state index contributed by atoms with van der Waals surface area (Å²) in [7, 11) is 0. The Kier molecular flexibility index (Phi) is 8.31. The number of aryl methyl sites for hydroxylation is 3. The van der Waals surface area contributed by atoms with Gasteiger partial charge in [-0.1, -0.05) is 37.6 Å². The number of aromatic nitrogens is 3. The zero-order valence-electron chi connectivity index (χ0n) is 19.0. The van der Waals surface area contributed by atoms with Crippen LogP contribution in [-0.4, -0.2) is 33.4 Å². The molecule has 0 unspecified atom stereocenters. The van der Waals surface area contributed by atoms with E-state index >= 15 is 0 Å². The zero-order valence-corrected chi connectivity index (χ0v) is 19.8. The summed E-state index contributed by atoms with van der Waals surface area (Å²) in [5, 5.41) is 3.55. The average Bonchev–Trinajstić information content (AvgIpc) is 3.25. The van der Waals surface area contributed by atoms with Gasteiger partial charge in [0.2, 0.25) is 0 Å². The van der Waals surface area contributed by atoms with Gasteiger partial charge in [0.1, 0.15) is 10.8 Å². The Morgan fingerprint density at radius 1 is 1.09 bits per heavy atom. The van der Waals surface area contributed by atoms with E-state index in [9.17, 15) is 4.79 Å². The molecule has 0 radical (unpaired) electrons. The van der Waals surface area contributed by atoms with Gasteiger partial charge in [-0.15, -0.1) is 11.3 Å². The number of amides is 1. The van der Waals surface area contributed by atoms with E-state index in [1.807, 2.05) is 6.20 Å². The lowest BCUT2D eigenvalue weighted by Crippen LogP contribution is -2.38. The molecule has 0 saturated carbocycles. The minimum atomic E-state index is -0.563. The fourth-order valence-corrected chi connectivity index (χ4v) is 4.20. The van der Waals surface area contributed by atoms with Crippen molar-refractivity contribution in [2.24, 2.45) is 10.7 Å². The number of nitrogens with one attached hydrogen (secondary N) is 1. The van der Waals surface area contributed by atoms with Gasteiger partial charge in [0.15, 0.2) is 17.5 Å². The van der Waals surface area contributed by atoms with Crippen LogP contribution in [0.15, 0.2) is 35.5 Å². The number of rotatable bonds is 9. The standard InChI is InChI=1S/C23H30N8OS/c1-3-6-17-13-28-22(33-17)16-10-8-15(9-11-16)7-4-5-12-27-23(26)31-21(32)18-20(25)30-19(24)14(2)29-18/h8-11,13H,3-7,12H2,1-2H3,(H4,24,25,30)(H3,26,27,31,32). The minimum absolute atomic E-state index is 0.0194. The van der Waals surface area contributed by atoms with Gasteiger partial charge >= 0.3 is 0 Å². The highest BCUT2D eigenvalue weighted by molar-refractivity contribution is 7.15. The van der Waals surface area contributed by atoms with Crippen LogP contribution in [-0.2, 0) is 12.8 Å². The molecule has 0 aliphatic heterocycles. The number of hydrogen-bond acceptors (Lipinski definition) is 8. The quantitative estimate of drug-likeness (QED) is 0.214. The van der Waals surface area contributed by atoms with E-state index in [1.165, 1.54) is 10.4 Å². The summed E-state index contributed by atoms with van der Waals surface area (Å²) < 4.78 is 0. The van der Waals surface area contributed by atoms with Crippen LogP contribution in [0.2, 0.25) is 0 Å². The fraction of sp³-hybridized carbons (Fsp3) is 0.348.